The molecule has 3 N–H and O–H groups in total. The summed E-state index contributed by atoms with van der Waals surface area (Å²) < 4.78 is 0. The zero-order valence-electron chi connectivity index (χ0n) is 9.94. The van der Waals surface area contributed by atoms with Gasteiger partial charge in [-0.3, -0.25) is 9.78 Å². The number of nitrogen functional groups attached to an aromatic ring is 1. The highest BCUT2D eigenvalue weighted by atomic mass is 16.1. The molecule has 0 radical (unpaired) electrons. The minimum Gasteiger partial charge on any atom is -0.397 e. The molecule has 0 aliphatic heterocycles. The number of hydrogen-bond acceptors (Lipinski definition) is 3. The van der Waals surface area contributed by atoms with E-state index in [9.17, 15) is 4.79 Å². The third-order valence-corrected chi connectivity index (χ3v) is 2.96. The highest BCUT2D eigenvalue weighted by Crippen LogP contribution is 2.13. The Balaban J connectivity index is 2.08. The molecule has 1 aromatic rings. The van der Waals surface area contributed by atoms with Crippen LogP contribution in [0.1, 0.15) is 35.3 Å². The smallest absolute Gasteiger partial charge is 0.253 e. The first kappa shape index (κ1) is 11.6. The summed E-state index contributed by atoms with van der Waals surface area (Å²) in [4.78, 5) is 16.1. The van der Waals surface area contributed by atoms with Gasteiger partial charge in [-0.2, -0.15) is 0 Å². The van der Waals surface area contributed by atoms with E-state index in [0.717, 1.165) is 19.3 Å². The van der Waals surface area contributed by atoms with E-state index in [2.05, 4.69) is 22.5 Å². The fourth-order valence-electron chi connectivity index (χ4n) is 1.97. The third-order valence-electron chi connectivity index (χ3n) is 2.96. The quantitative estimate of drug-likeness (QED) is 0.763. The van der Waals surface area contributed by atoms with Gasteiger partial charge < -0.3 is 11.1 Å². The van der Waals surface area contributed by atoms with Gasteiger partial charge in [0.25, 0.3) is 5.91 Å². The van der Waals surface area contributed by atoms with Crippen LogP contribution in [0.3, 0.4) is 0 Å². The number of aryl methyl sites for hydroxylation is 1. The normalized spacial score (nSPS) is 19.0. The van der Waals surface area contributed by atoms with Crippen LogP contribution in [0.2, 0.25) is 0 Å². The van der Waals surface area contributed by atoms with Crippen LogP contribution in [0.4, 0.5) is 5.69 Å². The molecule has 0 saturated carbocycles. The Morgan fingerprint density at radius 1 is 1.53 bits per heavy atom. The van der Waals surface area contributed by atoms with Gasteiger partial charge in [0, 0.05) is 6.04 Å². The maximum atomic E-state index is 12.1. The number of anilines is 1. The SMILES string of the molecule is Cc1ncc(N)cc1C(=O)NC1CC=CCC1. The molecule has 1 aliphatic rings. The predicted molar refractivity (Wildman–Crippen MR) is 67.6 cm³/mol. The average Bonchev–Trinajstić information content (AvgIpc) is 2.33. The number of allylic oxidation sites excluding steroid dienone is 1. The van der Waals surface area contributed by atoms with Gasteiger partial charge in [-0.05, 0) is 32.3 Å². The van der Waals surface area contributed by atoms with Gasteiger partial charge in [0.1, 0.15) is 0 Å². The molecule has 17 heavy (non-hydrogen) atoms. The van der Waals surface area contributed by atoms with Crippen LogP contribution in [0.5, 0.6) is 0 Å². The maximum absolute atomic E-state index is 12.1. The molecule has 90 valence electrons. The molecule has 4 heteroatoms. The summed E-state index contributed by atoms with van der Waals surface area (Å²) in [5.41, 5.74) is 7.44. The van der Waals surface area contributed by atoms with Crippen LogP contribution in [0, 0.1) is 6.92 Å². The molecule has 1 heterocycles. The van der Waals surface area contributed by atoms with Gasteiger partial charge in [0.15, 0.2) is 0 Å². The molecule has 0 aromatic carbocycles. The van der Waals surface area contributed by atoms with Crippen LogP contribution in [-0.4, -0.2) is 16.9 Å². The predicted octanol–water partition coefficient (Wildman–Crippen LogP) is 1.81. The van der Waals surface area contributed by atoms with Crippen molar-refractivity contribution in [3.8, 4) is 0 Å². The number of nitrogens with zero attached hydrogens (tertiary/aromatic N) is 1. The van der Waals surface area contributed by atoms with Crippen molar-refractivity contribution in [1.82, 2.24) is 10.3 Å². The Morgan fingerprint density at radius 3 is 3.06 bits per heavy atom. The van der Waals surface area contributed by atoms with Crippen molar-refractivity contribution < 1.29 is 4.79 Å². The number of carbonyl (C=O) groups excluding carboxylic acids is 1. The van der Waals surface area contributed by atoms with Gasteiger partial charge in [0.2, 0.25) is 0 Å². The Kier molecular flexibility index (Phi) is 3.42. The second kappa shape index (κ2) is 4.99. The van der Waals surface area contributed by atoms with E-state index in [1.165, 1.54) is 0 Å². The third kappa shape index (κ3) is 2.84. The maximum Gasteiger partial charge on any atom is 0.253 e. The molecule has 2 rings (SSSR count). The molecule has 0 saturated heterocycles. The fraction of sp³-hybridized carbons (Fsp3) is 0.385. The Morgan fingerprint density at radius 2 is 2.35 bits per heavy atom. The molecule has 1 aromatic heterocycles. The van der Waals surface area contributed by atoms with Gasteiger partial charge in [-0.25, -0.2) is 0 Å². The van der Waals surface area contributed by atoms with Crippen LogP contribution in [0.15, 0.2) is 24.4 Å². The molecule has 4 nitrogen and oxygen atoms in total. The lowest BCUT2D eigenvalue weighted by Crippen LogP contribution is -2.35. The standard InChI is InChI=1S/C13H17N3O/c1-9-12(7-10(14)8-15-9)13(17)16-11-5-3-2-4-6-11/h2-3,7-8,11H,4-6,14H2,1H3,(H,16,17). The van der Waals surface area contributed by atoms with Crippen LogP contribution >= 0.6 is 0 Å². The van der Waals surface area contributed by atoms with Crippen molar-refractivity contribution in [2.45, 2.75) is 32.2 Å². The lowest BCUT2D eigenvalue weighted by atomic mass is 10.0. The lowest BCUT2D eigenvalue weighted by molar-refractivity contribution is 0.0933. The number of aromatic nitrogens is 1. The Labute approximate surface area is 101 Å². The summed E-state index contributed by atoms with van der Waals surface area (Å²) in [6.07, 6.45) is 8.75. The molecular weight excluding hydrogens is 214 g/mol. The van der Waals surface area contributed by atoms with E-state index in [1.54, 1.807) is 12.3 Å². The van der Waals surface area contributed by atoms with Crippen LogP contribution < -0.4 is 11.1 Å². The largest absolute Gasteiger partial charge is 0.397 e. The van der Waals surface area contributed by atoms with Crippen molar-refractivity contribution >= 4 is 11.6 Å². The molecule has 1 unspecified atom stereocenters. The summed E-state index contributed by atoms with van der Waals surface area (Å²) >= 11 is 0. The highest BCUT2D eigenvalue weighted by Gasteiger charge is 2.16. The number of amides is 1. The topological polar surface area (TPSA) is 68.0 Å². The number of carbonyl (C=O) groups is 1. The van der Waals surface area contributed by atoms with E-state index >= 15 is 0 Å². The van der Waals surface area contributed by atoms with Gasteiger partial charge in [0.05, 0.1) is 23.1 Å². The van der Waals surface area contributed by atoms with Crippen molar-refractivity contribution in [3.63, 3.8) is 0 Å². The van der Waals surface area contributed by atoms with Gasteiger partial charge >= 0.3 is 0 Å². The average molecular weight is 231 g/mol. The summed E-state index contributed by atoms with van der Waals surface area (Å²) in [5, 5.41) is 3.02. The van der Waals surface area contributed by atoms with Crippen molar-refractivity contribution in [1.29, 1.82) is 0 Å². The number of rotatable bonds is 2. The number of nitrogens with two attached hydrogens (primary N) is 1. The first-order valence-corrected chi connectivity index (χ1v) is 5.85. The first-order chi connectivity index (χ1) is 8.16. The minimum atomic E-state index is -0.0809. The number of hydrogen-bond donors (Lipinski definition) is 2. The second-order valence-electron chi connectivity index (χ2n) is 4.36. The van der Waals surface area contributed by atoms with Crippen LogP contribution in [0.25, 0.3) is 0 Å². The van der Waals surface area contributed by atoms with Crippen molar-refractivity contribution in [2.24, 2.45) is 0 Å². The molecule has 1 amide bonds. The van der Waals surface area contributed by atoms with Gasteiger partial charge in [-0.1, -0.05) is 12.2 Å². The second-order valence-corrected chi connectivity index (χ2v) is 4.36. The van der Waals surface area contributed by atoms with E-state index in [-0.39, 0.29) is 11.9 Å². The number of nitrogens with one attached hydrogen (secondary N) is 1. The van der Waals surface area contributed by atoms with E-state index in [4.69, 9.17) is 5.73 Å². The highest BCUT2D eigenvalue weighted by molar-refractivity contribution is 5.96. The van der Waals surface area contributed by atoms with Crippen molar-refractivity contribution in [2.75, 3.05) is 5.73 Å². The molecule has 1 aliphatic carbocycles. The molecular formula is C13H17N3O. The zero-order valence-corrected chi connectivity index (χ0v) is 9.94. The lowest BCUT2D eigenvalue weighted by Gasteiger charge is -2.19. The van der Waals surface area contributed by atoms with E-state index in [1.807, 2.05) is 6.92 Å². The molecule has 1 atom stereocenters. The minimum absolute atomic E-state index is 0.0809. The monoisotopic (exact) mass is 231 g/mol. The van der Waals surface area contributed by atoms with E-state index in [0.29, 0.717) is 16.9 Å². The summed E-state index contributed by atoms with van der Waals surface area (Å²) in [6, 6.07) is 1.91. The molecule has 0 fully saturated rings. The molecule has 0 spiro atoms. The van der Waals surface area contributed by atoms with E-state index < -0.39 is 0 Å². The number of pyridine rings is 1. The zero-order chi connectivity index (χ0) is 12.3. The molecule has 0 bridgehead atoms. The van der Waals surface area contributed by atoms with Crippen molar-refractivity contribution in [3.05, 3.63) is 35.7 Å². The first-order valence-electron chi connectivity index (χ1n) is 5.85. The summed E-state index contributed by atoms with van der Waals surface area (Å²) in [5.74, 6) is -0.0809. The van der Waals surface area contributed by atoms with Crippen LogP contribution in [-0.2, 0) is 0 Å². The Bertz CT molecular complexity index is 454. The fourth-order valence-corrected chi connectivity index (χ4v) is 1.97. The summed E-state index contributed by atoms with van der Waals surface area (Å²) in [7, 11) is 0. The summed E-state index contributed by atoms with van der Waals surface area (Å²) in [6.45, 7) is 1.81. The van der Waals surface area contributed by atoms with Gasteiger partial charge in [-0.15, -0.1) is 0 Å². The Hall–Kier alpha value is -1.84.